The molecule has 6 nitrogen and oxygen atoms in total. The van der Waals surface area contributed by atoms with Crippen LogP contribution in [0.4, 0.5) is 51.2 Å². The van der Waals surface area contributed by atoms with Gasteiger partial charge in [0, 0.05) is 101 Å². The van der Waals surface area contributed by atoms with Gasteiger partial charge in [0.1, 0.15) is 33.5 Å². The van der Waals surface area contributed by atoms with Crippen LogP contribution < -0.4 is 14.7 Å². The number of nitrogens with zero attached hydrogens (tertiary/aromatic N) is 3. The van der Waals surface area contributed by atoms with E-state index in [0.29, 0.717) is 0 Å². The van der Waals surface area contributed by atoms with Crippen LogP contribution in [0.5, 0.6) is 0 Å². The van der Waals surface area contributed by atoms with Gasteiger partial charge in [0.2, 0.25) is 0 Å². The molecule has 0 atom stereocenters. The molecule has 0 amide bonds. The number of hydrogen-bond acceptors (Lipinski definition) is 6. The third-order valence-corrected chi connectivity index (χ3v) is 28.5. The molecule has 0 unspecified atom stereocenters. The molecule has 3 heterocycles. The van der Waals surface area contributed by atoms with Crippen molar-refractivity contribution in [1.82, 2.24) is 0 Å². The van der Waals surface area contributed by atoms with E-state index in [1.165, 1.54) is 111 Å². The smallest absolute Gasteiger partial charge is 0.137 e. The maximum Gasteiger partial charge on any atom is 0.137 e. The van der Waals surface area contributed by atoms with Gasteiger partial charge in [-0.1, -0.05) is 449 Å². The fraction of sp³-hybridized carbons (Fsp3) is 0. The molecular weight excluding hydrogens is 1820 g/mol. The molecular formula is C144H99N3O3. The minimum absolute atomic E-state index is 0.866. The van der Waals surface area contributed by atoms with Crippen LogP contribution in [-0.4, -0.2) is 0 Å². The van der Waals surface area contributed by atoms with Gasteiger partial charge in [-0.3, -0.25) is 0 Å². The van der Waals surface area contributed by atoms with Crippen LogP contribution >= 0.6 is 0 Å². The molecule has 0 spiro atoms. The highest BCUT2D eigenvalue weighted by Crippen LogP contribution is 2.50. The van der Waals surface area contributed by atoms with Gasteiger partial charge in [-0.25, -0.2) is 0 Å². The number of para-hydroxylation sites is 5. The fourth-order valence-corrected chi connectivity index (χ4v) is 21.1. The Labute approximate surface area is 872 Å². The van der Waals surface area contributed by atoms with Gasteiger partial charge in [0.05, 0.1) is 11.4 Å². The number of rotatable bonds is 21. The van der Waals surface area contributed by atoms with E-state index < -0.39 is 0 Å². The first-order valence-electron chi connectivity index (χ1n) is 51.0. The van der Waals surface area contributed by atoms with Gasteiger partial charge in [0.15, 0.2) is 0 Å². The number of anilines is 9. The van der Waals surface area contributed by atoms with Gasteiger partial charge in [0.25, 0.3) is 0 Å². The van der Waals surface area contributed by atoms with Crippen LogP contribution in [-0.2, 0) is 0 Å². The average molecular weight is 1920 g/mol. The van der Waals surface area contributed by atoms with Gasteiger partial charge in [-0.15, -0.1) is 0 Å². The summed E-state index contributed by atoms with van der Waals surface area (Å²) in [4.78, 5) is 7.02. The van der Waals surface area contributed by atoms with Crippen LogP contribution in [0.25, 0.3) is 199 Å². The highest BCUT2D eigenvalue weighted by Gasteiger charge is 2.26. The molecule has 708 valence electrons. The molecule has 0 aliphatic carbocycles. The molecule has 0 saturated heterocycles. The lowest BCUT2D eigenvalue weighted by Crippen LogP contribution is -2.11. The maximum atomic E-state index is 6.40. The van der Waals surface area contributed by atoms with Crippen molar-refractivity contribution in [3.63, 3.8) is 0 Å². The van der Waals surface area contributed by atoms with Crippen LogP contribution in [0.15, 0.2) is 614 Å². The standard InChI is InChI=1S/3C48H33NO/c1-3-13-34(14-4-1)37-17-11-18-38(31-37)36-25-27-41(28-26-36)49(42-29-30-45-44-22-8-10-24-47(44)50-48(45)33-42)46-23-9-7-21-43(46)40-20-12-19-39(32-40)35-15-5-2-6-16-35;1-3-14-34(15-4-1)37-18-13-19-38(32-37)35-26-28-39(29-27-35)49(40-30-31-45-44-23-10-12-25-47(44)50-48(45)33-40)46-24-11-9-22-43(46)42-21-8-7-20-41(42)36-16-5-2-6-17-36;1-3-12-34(13-4-1)35-22-24-36(25-23-35)39-16-11-17-41(32-39)49(42-30-31-46-45-20-9-10-21-47(45)50-48(46)33-42)40-28-26-38(27-29-40)44-19-8-7-18-43(44)37-14-5-2-6-15-37/h3*1-33H. The summed E-state index contributed by atoms with van der Waals surface area (Å²) in [6.07, 6.45) is 0. The van der Waals surface area contributed by atoms with Crippen molar-refractivity contribution >= 4 is 117 Å². The molecule has 0 aliphatic heterocycles. The molecule has 24 aromatic carbocycles. The molecule has 0 aliphatic rings. The fourth-order valence-electron chi connectivity index (χ4n) is 21.1. The van der Waals surface area contributed by atoms with Gasteiger partial charge in [-0.05, 0) is 256 Å². The Hall–Kier alpha value is -19.9. The van der Waals surface area contributed by atoms with Crippen molar-refractivity contribution in [2.24, 2.45) is 0 Å². The first-order valence-corrected chi connectivity index (χ1v) is 51.0. The molecule has 3 aromatic heterocycles. The van der Waals surface area contributed by atoms with Crippen molar-refractivity contribution in [1.29, 1.82) is 0 Å². The summed E-state index contributed by atoms with van der Waals surface area (Å²) < 4.78 is 19.2. The molecule has 0 bridgehead atoms. The van der Waals surface area contributed by atoms with E-state index in [1.54, 1.807) is 0 Å². The highest BCUT2D eigenvalue weighted by molar-refractivity contribution is 6.10. The zero-order valence-electron chi connectivity index (χ0n) is 82.2. The Morgan fingerprint density at radius 1 is 0.100 bits per heavy atom. The topological polar surface area (TPSA) is 49.1 Å². The second-order valence-electron chi connectivity index (χ2n) is 37.7. The average Bonchev–Trinajstić information content (AvgIpc) is 1.42. The molecule has 0 fully saturated rings. The van der Waals surface area contributed by atoms with Gasteiger partial charge >= 0.3 is 0 Å². The summed E-state index contributed by atoms with van der Waals surface area (Å²) in [5.74, 6) is 0. The lowest BCUT2D eigenvalue weighted by molar-refractivity contribution is 0.668. The molecule has 0 saturated carbocycles. The first-order chi connectivity index (χ1) is 74.4. The first kappa shape index (κ1) is 91.3. The normalized spacial score (nSPS) is 11.2. The minimum Gasteiger partial charge on any atom is -0.456 e. The van der Waals surface area contributed by atoms with Crippen molar-refractivity contribution in [2.45, 2.75) is 0 Å². The Kier molecular flexibility index (Phi) is 25.2. The summed E-state index contributed by atoms with van der Waals surface area (Å²) >= 11 is 0. The Morgan fingerprint density at radius 3 is 0.700 bits per heavy atom. The number of fused-ring (bicyclic) bond motifs is 9. The second-order valence-corrected chi connectivity index (χ2v) is 37.7. The Balaban J connectivity index is 0.000000116. The molecule has 27 aromatic rings. The third kappa shape index (κ3) is 18.8. The number of furan rings is 3. The van der Waals surface area contributed by atoms with E-state index in [1.807, 2.05) is 36.4 Å². The predicted molar refractivity (Wildman–Crippen MR) is 630 cm³/mol. The van der Waals surface area contributed by atoms with Crippen molar-refractivity contribution in [2.75, 3.05) is 14.7 Å². The summed E-state index contributed by atoms with van der Waals surface area (Å²) in [5.41, 5.74) is 43.4. The minimum atomic E-state index is 0.866. The molecule has 150 heavy (non-hydrogen) atoms. The summed E-state index contributed by atoms with van der Waals surface area (Å²) in [7, 11) is 0. The largest absolute Gasteiger partial charge is 0.456 e. The van der Waals surface area contributed by atoms with Crippen molar-refractivity contribution in [3.8, 4) is 134 Å². The van der Waals surface area contributed by atoms with E-state index in [4.69, 9.17) is 13.3 Å². The molecule has 0 N–H and O–H groups in total. The number of benzene rings is 24. The lowest BCUT2D eigenvalue weighted by Gasteiger charge is -2.28. The zero-order valence-corrected chi connectivity index (χ0v) is 82.2. The van der Waals surface area contributed by atoms with Crippen molar-refractivity contribution < 1.29 is 13.3 Å². The Morgan fingerprint density at radius 2 is 0.313 bits per heavy atom. The van der Waals surface area contributed by atoms with Gasteiger partial charge in [-0.2, -0.15) is 0 Å². The van der Waals surface area contributed by atoms with E-state index in [2.05, 4.69) is 579 Å². The summed E-state index contributed by atoms with van der Waals surface area (Å²) in [6, 6.07) is 213. The quantitative estimate of drug-likeness (QED) is 0.0715. The van der Waals surface area contributed by atoms with Crippen LogP contribution in [0.3, 0.4) is 0 Å². The Bertz CT molecular complexity index is 9480. The van der Waals surface area contributed by atoms with Gasteiger partial charge < -0.3 is 28.0 Å². The SMILES string of the molecule is c1ccc(-c2ccc(-c3cccc(N(c4ccc(-c5ccccc5-c5ccccc5)cc4)c4ccc5c(c4)oc4ccccc45)c3)cc2)cc1.c1ccc(-c2cccc(-c3ccc(N(c4ccc5c(c4)oc4ccccc45)c4ccccc4-c4cccc(-c5ccccc5)c4)cc3)c2)cc1.c1ccc(-c2cccc(-c3ccc(N(c4ccc5c(c4)oc4ccccc45)c4ccccc4-c4ccccc4-c4ccccc4)cc3)c2)cc1. The summed E-state index contributed by atoms with van der Waals surface area (Å²) in [5, 5.41) is 6.72. The number of hydrogen-bond donors (Lipinski definition) is 0. The maximum absolute atomic E-state index is 6.40. The molecule has 27 rings (SSSR count). The van der Waals surface area contributed by atoms with E-state index in [0.717, 1.165) is 139 Å². The van der Waals surface area contributed by atoms with Crippen molar-refractivity contribution in [3.05, 3.63) is 601 Å². The van der Waals surface area contributed by atoms with Crippen LogP contribution in [0.1, 0.15) is 0 Å². The highest BCUT2D eigenvalue weighted by atomic mass is 16.3. The summed E-state index contributed by atoms with van der Waals surface area (Å²) in [6.45, 7) is 0. The molecule has 0 radical (unpaired) electrons. The monoisotopic (exact) mass is 1920 g/mol. The second kappa shape index (κ2) is 41.4. The lowest BCUT2D eigenvalue weighted by atomic mass is 9.93. The third-order valence-electron chi connectivity index (χ3n) is 28.5. The van der Waals surface area contributed by atoms with E-state index >= 15 is 0 Å². The van der Waals surface area contributed by atoms with Crippen LogP contribution in [0.2, 0.25) is 0 Å². The van der Waals surface area contributed by atoms with E-state index in [-0.39, 0.29) is 0 Å². The van der Waals surface area contributed by atoms with E-state index in [9.17, 15) is 0 Å². The predicted octanol–water partition coefficient (Wildman–Crippen LogP) is 41.2. The zero-order chi connectivity index (χ0) is 99.8. The molecule has 6 heteroatoms. The van der Waals surface area contributed by atoms with Crippen LogP contribution in [0, 0.1) is 0 Å².